The Hall–Kier alpha value is -2.28. The molecule has 1 saturated carbocycles. The molecule has 1 aliphatic rings. The van der Waals surface area contributed by atoms with Crippen molar-refractivity contribution >= 4 is 11.9 Å². The number of ether oxygens (including phenoxy) is 1. The first kappa shape index (κ1) is 23.0. The molecule has 2 N–H and O–H groups in total. The maximum absolute atomic E-state index is 12.8. The number of hydrogen-bond acceptors (Lipinski definition) is 4. The summed E-state index contributed by atoms with van der Waals surface area (Å²) in [4.78, 5) is 21.0. The lowest BCUT2D eigenvalue weighted by atomic mass is 9.84. The Labute approximate surface area is 175 Å². The zero-order chi connectivity index (χ0) is 21.4. The van der Waals surface area contributed by atoms with Gasteiger partial charge >= 0.3 is 0 Å². The molecule has 0 bridgehead atoms. The third-order valence-electron chi connectivity index (χ3n) is 5.82. The summed E-state index contributed by atoms with van der Waals surface area (Å²) in [5.41, 5.74) is 0.794. The van der Waals surface area contributed by atoms with E-state index < -0.39 is 0 Å². The fourth-order valence-corrected chi connectivity index (χ4v) is 4.17. The number of amides is 1. The number of carbonyl (C=O) groups excluding carboxylic acids is 1. The van der Waals surface area contributed by atoms with Gasteiger partial charge in [-0.05, 0) is 33.0 Å². The van der Waals surface area contributed by atoms with Gasteiger partial charge < -0.3 is 25.2 Å². The fraction of sp³-hybridized carbons (Fsp3) is 0.636. The number of benzene rings is 1. The van der Waals surface area contributed by atoms with E-state index in [9.17, 15) is 4.79 Å². The van der Waals surface area contributed by atoms with Crippen LogP contribution in [0, 0.1) is 5.41 Å². The minimum atomic E-state index is -0.329. The van der Waals surface area contributed by atoms with Crippen molar-refractivity contribution in [2.45, 2.75) is 31.7 Å². The van der Waals surface area contributed by atoms with Crippen molar-refractivity contribution in [2.75, 3.05) is 55.4 Å². The normalized spacial score (nSPS) is 17.1. The van der Waals surface area contributed by atoms with E-state index in [0.29, 0.717) is 19.0 Å². The number of guanidine groups is 1. The van der Waals surface area contributed by atoms with E-state index in [1.54, 1.807) is 19.1 Å². The molecule has 0 radical (unpaired) electrons. The molecular weight excluding hydrogens is 366 g/mol. The van der Waals surface area contributed by atoms with E-state index >= 15 is 0 Å². The van der Waals surface area contributed by atoms with E-state index in [0.717, 1.165) is 37.0 Å². The van der Waals surface area contributed by atoms with Crippen molar-refractivity contribution in [3.8, 4) is 5.75 Å². The van der Waals surface area contributed by atoms with Crippen LogP contribution in [-0.2, 0) is 4.79 Å². The second-order valence-corrected chi connectivity index (χ2v) is 8.22. The monoisotopic (exact) mass is 403 g/mol. The lowest BCUT2D eigenvalue weighted by molar-refractivity contribution is -0.138. The van der Waals surface area contributed by atoms with Crippen LogP contribution in [0.4, 0.5) is 0 Å². The molecule has 1 aliphatic carbocycles. The van der Waals surface area contributed by atoms with Crippen LogP contribution in [0.25, 0.3) is 0 Å². The molecule has 1 amide bonds. The fourth-order valence-electron chi connectivity index (χ4n) is 4.17. The van der Waals surface area contributed by atoms with E-state index in [4.69, 9.17) is 4.74 Å². The van der Waals surface area contributed by atoms with E-state index in [1.807, 2.05) is 32.3 Å². The highest BCUT2D eigenvalue weighted by Crippen LogP contribution is 2.38. The molecule has 1 aromatic carbocycles. The molecule has 29 heavy (non-hydrogen) atoms. The summed E-state index contributed by atoms with van der Waals surface area (Å²) in [6.45, 7) is 1.27. The molecule has 0 heterocycles. The summed E-state index contributed by atoms with van der Waals surface area (Å²) in [7, 11) is 11.2. The molecule has 0 spiro atoms. The smallest absolute Gasteiger partial charge is 0.230 e. The summed E-state index contributed by atoms with van der Waals surface area (Å²) in [6, 6.07) is 8.19. The summed E-state index contributed by atoms with van der Waals surface area (Å²) in [5, 5.41) is 6.83. The van der Waals surface area contributed by atoms with E-state index in [-0.39, 0.29) is 17.4 Å². The highest BCUT2D eigenvalue weighted by molar-refractivity contribution is 5.85. The average molecular weight is 404 g/mol. The lowest BCUT2D eigenvalue weighted by Crippen LogP contribution is -2.50. The number of para-hydroxylation sites is 1. The predicted molar refractivity (Wildman–Crippen MR) is 118 cm³/mol. The number of methoxy groups -OCH3 is 1. The Morgan fingerprint density at radius 1 is 1.17 bits per heavy atom. The summed E-state index contributed by atoms with van der Waals surface area (Å²) in [6.07, 6.45) is 4.05. The Morgan fingerprint density at radius 2 is 1.83 bits per heavy atom. The van der Waals surface area contributed by atoms with Gasteiger partial charge in [0.1, 0.15) is 5.75 Å². The number of carbonyl (C=O) groups is 1. The van der Waals surface area contributed by atoms with Gasteiger partial charge in [-0.3, -0.25) is 9.79 Å². The van der Waals surface area contributed by atoms with E-state index in [1.165, 1.54) is 0 Å². The third-order valence-corrected chi connectivity index (χ3v) is 5.82. The van der Waals surface area contributed by atoms with Gasteiger partial charge in [0.15, 0.2) is 5.96 Å². The standard InChI is InChI=1S/C22H37N5O2/c1-23-21(25-16-22(13-9-10-14-22)20(28)27(4)5)24-15-18(26(2)3)17-11-7-8-12-19(17)29-6/h7-8,11-12,18H,9-10,13-16H2,1-6H3,(H2,23,24,25). The van der Waals surface area contributed by atoms with Crippen molar-refractivity contribution < 1.29 is 9.53 Å². The minimum Gasteiger partial charge on any atom is -0.496 e. The summed E-state index contributed by atoms with van der Waals surface area (Å²) in [5.74, 6) is 1.79. The molecular formula is C22H37N5O2. The van der Waals surface area contributed by atoms with Crippen molar-refractivity contribution in [1.29, 1.82) is 0 Å². The highest BCUT2D eigenvalue weighted by atomic mass is 16.5. The highest BCUT2D eigenvalue weighted by Gasteiger charge is 2.42. The van der Waals surface area contributed by atoms with Crippen LogP contribution < -0.4 is 15.4 Å². The Morgan fingerprint density at radius 3 is 2.38 bits per heavy atom. The van der Waals surface area contributed by atoms with Gasteiger partial charge in [0, 0.05) is 39.8 Å². The van der Waals surface area contributed by atoms with Gasteiger partial charge in [-0.1, -0.05) is 31.0 Å². The molecule has 0 aromatic heterocycles. The van der Waals surface area contributed by atoms with Crippen molar-refractivity contribution in [1.82, 2.24) is 20.4 Å². The average Bonchev–Trinajstić information content (AvgIpc) is 3.19. The van der Waals surface area contributed by atoms with Crippen LogP contribution in [0.15, 0.2) is 29.3 Å². The second-order valence-electron chi connectivity index (χ2n) is 8.22. The molecule has 7 nitrogen and oxygen atoms in total. The third kappa shape index (κ3) is 5.63. The molecule has 0 aliphatic heterocycles. The molecule has 162 valence electrons. The van der Waals surface area contributed by atoms with Gasteiger partial charge in [-0.15, -0.1) is 0 Å². The zero-order valence-corrected chi connectivity index (χ0v) is 18.8. The maximum Gasteiger partial charge on any atom is 0.230 e. The van der Waals surface area contributed by atoms with E-state index in [2.05, 4.69) is 40.7 Å². The SMILES string of the molecule is CN=C(NCC(c1ccccc1OC)N(C)C)NCC1(C(=O)N(C)C)CCCC1. The lowest BCUT2D eigenvalue weighted by Gasteiger charge is -2.32. The van der Waals surface area contributed by atoms with Crippen LogP contribution in [0.3, 0.4) is 0 Å². The Bertz CT molecular complexity index is 696. The molecule has 1 fully saturated rings. The number of hydrogen-bond donors (Lipinski definition) is 2. The Kier molecular flexibility index (Phi) is 8.32. The molecule has 1 atom stereocenters. The van der Waals surface area contributed by atoms with Gasteiger partial charge in [0.05, 0.1) is 18.6 Å². The first-order chi connectivity index (χ1) is 13.8. The zero-order valence-electron chi connectivity index (χ0n) is 18.8. The number of nitrogens with zero attached hydrogens (tertiary/aromatic N) is 3. The van der Waals surface area contributed by atoms with Crippen molar-refractivity contribution in [2.24, 2.45) is 10.4 Å². The maximum atomic E-state index is 12.8. The molecule has 2 rings (SSSR count). The van der Waals surface area contributed by atoms with Gasteiger partial charge in [0.2, 0.25) is 5.91 Å². The minimum absolute atomic E-state index is 0.119. The quantitative estimate of drug-likeness (QED) is 0.514. The number of aliphatic imine (C=N–C) groups is 1. The van der Waals surface area contributed by atoms with Crippen LogP contribution in [0.1, 0.15) is 37.3 Å². The second kappa shape index (κ2) is 10.5. The largest absolute Gasteiger partial charge is 0.496 e. The van der Waals surface area contributed by atoms with Gasteiger partial charge in [-0.2, -0.15) is 0 Å². The Balaban J connectivity index is 2.04. The number of nitrogens with one attached hydrogen (secondary N) is 2. The van der Waals surface area contributed by atoms with Gasteiger partial charge in [0.25, 0.3) is 0 Å². The van der Waals surface area contributed by atoms with Crippen LogP contribution in [0.5, 0.6) is 5.75 Å². The first-order valence-electron chi connectivity index (χ1n) is 10.3. The molecule has 0 saturated heterocycles. The first-order valence-corrected chi connectivity index (χ1v) is 10.3. The van der Waals surface area contributed by atoms with Gasteiger partial charge in [-0.25, -0.2) is 0 Å². The summed E-state index contributed by atoms with van der Waals surface area (Å²) < 4.78 is 5.54. The summed E-state index contributed by atoms with van der Waals surface area (Å²) >= 11 is 0. The van der Waals surface area contributed by atoms with Crippen LogP contribution in [0.2, 0.25) is 0 Å². The van der Waals surface area contributed by atoms with Crippen molar-refractivity contribution in [3.05, 3.63) is 29.8 Å². The van der Waals surface area contributed by atoms with Crippen molar-refractivity contribution in [3.63, 3.8) is 0 Å². The number of likely N-dealkylation sites (N-methyl/N-ethyl adjacent to an activating group) is 1. The number of rotatable bonds is 8. The van der Waals surface area contributed by atoms with Crippen LogP contribution in [-0.4, -0.2) is 77.1 Å². The van der Waals surface area contributed by atoms with Crippen LogP contribution >= 0.6 is 0 Å². The molecule has 7 heteroatoms. The topological polar surface area (TPSA) is 69.2 Å². The molecule has 1 aromatic rings. The molecule has 1 unspecified atom stereocenters. The predicted octanol–water partition coefficient (Wildman–Crippen LogP) is 2.11.